The molecule has 0 aliphatic rings. The summed E-state index contributed by atoms with van der Waals surface area (Å²) in [6, 6.07) is 7.07. The average molecular weight is 268 g/mol. The molecule has 0 radical (unpaired) electrons. The van der Waals surface area contributed by atoms with E-state index >= 15 is 0 Å². The Morgan fingerprint density at radius 2 is 2.06 bits per heavy atom. The first-order chi connectivity index (χ1) is 8.16. The normalized spacial score (nSPS) is 12.4. The van der Waals surface area contributed by atoms with Gasteiger partial charge in [0, 0.05) is 24.5 Å². The minimum Gasteiger partial charge on any atom is -0.322 e. The Labute approximate surface area is 110 Å². The maximum Gasteiger partial charge on any atom is 0.0761 e. The molecule has 0 aliphatic heterocycles. The maximum absolute atomic E-state index is 6.05. The molecule has 0 spiro atoms. The van der Waals surface area contributed by atoms with Crippen LogP contribution in [0.2, 0.25) is 10.0 Å². The zero-order chi connectivity index (χ0) is 12.3. The van der Waals surface area contributed by atoms with Crippen molar-refractivity contribution in [1.29, 1.82) is 0 Å². The molecular weight excluding hydrogens is 257 g/mol. The van der Waals surface area contributed by atoms with Gasteiger partial charge >= 0.3 is 0 Å². The average Bonchev–Trinajstić information content (AvgIpc) is 2.30. The van der Waals surface area contributed by atoms with Crippen molar-refractivity contribution in [3.8, 4) is 0 Å². The quantitative estimate of drug-likeness (QED) is 0.930. The lowest BCUT2D eigenvalue weighted by Gasteiger charge is -2.12. The van der Waals surface area contributed by atoms with E-state index in [1.165, 1.54) is 0 Å². The van der Waals surface area contributed by atoms with Crippen molar-refractivity contribution in [3.05, 3.63) is 58.1 Å². The van der Waals surface area contributed by atoms with E-state index in [-0.39, 0.29) is 6.04 Å². The first-order valence-corrected chi connectivity index (χ1v) is 5.89. The Balaban J connectivity index is 2.17. The van der Waals surface area contributed by atoms with Gasteiger partial charge < -0.3 is 5.73 Å². The summed E-state index contributed by atoms with van der Waals surface area (Å²) in [7, 11) is 0. The van der Waals surface area contributed by atoms with E-state index in [1.54, 1.807) is 18.5 Å². The van der Waals surface area contributed by atoms with Gasteiger partial charge in [0.2, 0.25) is 0 Å². The van der Waals surface area contributed by atoms with Gasteiger partial charge in [0.1, 0.15) is 0 Å². The van der Waals surface area contributed by atoms with E-state index in [0.29, 0.717) is 22.2 Å². The highest BCUT2D eigenvalue weighted by atomic mass is 35.5. The standard InChI is InChI=1S/C12H11Cl2N3/c13-8-5-10(14)12(17-7-8)11(15)6-9-3-1-2-4-16-9/h1-5,7,11H,6,15H2. The van der Waals surface area contributed by atoms with Gasteiger partial charge in [0.15, 0.2) is 0 Å². The fraction of sp³-hybridized carbons (Fsp3) is 0.167. The highest BCUT2D eigenvalue weighted by molar-refractivity contribution is 6.34. The molecule has 0 saturated carbocycles. The number of hydrogen-bond donors (Lipinski definition) is 1. The van der Waals surface area contributed by atoms with Crippen LogP contribution in [0.3, 0.4) is 0 Å². The Morgan fingerprint density at radius 3 is 2.71 bits per heavy atom. The molecule has 0 bridgehead atoms. The van der Waals surface area contributed by atoms with Crippen molar-refractivity contribution in [2.75, 3.05) is 0 Å². The molecule has 0 aliphatic carbocycles. The third-order valence-electron chi connectivity index (χ3n) is 2.34. The van der Waals surface area contributed by atoms with Gasteiger partial charge in [-0.2, -0.15) is 0 Å². The van der Waals surface area contributed by atoms with Crippen LogP contribution < -0.4 is 5.73 Å². The second kappa shape index (κ2) is 5.45. The molecule has 2 N–H and O–H groups in total. The Kier molecular flexibility index (Phi) is 3.94. The van der Waals surface area contributed by atoms with Crippen molar-refractivity contribution in [2.24, 2.45) is 5.73 Å². The zero-order valence-electron chi connectivity index (χ0n) is 8.98. The fourth-order valence-electron chi connectivity index (χ4n) is 1.54. The van der Waals surface area contributed by atoms with E-state index in [0.717, 1.165) is 5.69 Å². The first kappa shape index (κ1) is 12.3. The molecule has 2 heterocycles. The molecule has 2 rings (SSSR count). The van der Waals surface area contributed by atoms with Crippen LogP contribution in [0.15, 0.2) is 36.7 Å². The Hall–Kier alpha value is -1.16. The third-order valence-corrected chi connectivity index (χ3v) is 2.85. The number of aromatic nitrogens is 2. The number of nitrogens with zero attached hydrogens (tertiary/aromatic N) is 2. The molecule has 0 amide bonds. The molecule has 0 saturated heterocycles. The van der Waals surface area contributed by atoms with E-state index in [9.17, 15) is 0 Å². The van der Waals surface area contributed by atoms with Crippen LogP contribution in [0.5, 0.6) is 0 Å². The van der Waals surface area contributed by atoms with Crippen LogP contribution in [0, 0.1) is 0 Å². The smallest absolute Gasteiger partial charge is 0.0761 e. The van der Waals surface area contributed by atoms with Gasteiger partial charge in [-0.1, -0.05) is 29.3 Å². The molecule has 5 heteroatoms. The minimum absolute atomic E-state index is 0.283. The summed E-state index contributed by atoms with van der Waals surface area (Å²) in [4.78, 5) is 8.37. The largest absolute Gasteiger partial charge is 0.322 e. The fourth-order valence-corrected chi connectivity index (χ4v) is 2.06. The minimum atomic E-state index is -0.283. The van der Waals surface area contributed by atoms with Gasteiger partial charge in [-0.15, -0.1) is 0 Å². The predicted octanol–water partition coefficient (Wildman–Crippen LogP) is 3.03. The molecule has 88 valence electrons. The molecule has 17 heavy (non-hydrogen) atoms. The third kappa shape index (κ3) is 3.16. The SMILES string of the molecule is NC(Cc1ccccn1)c1ncc(Cl)cc1Cl. The molecule has 1 unspecified atom stereocenters. The first-order valence-electron chi connectivity index (χ1n) is 5.13. The maximum atomic E-state index is 6.05. The summed E-state index contributed by atoms with van der Waals surface area (Å²) < 4.78 is 0. The van der Waals surface area contributed by atoms with Crippen molar-refractivity contribution < 1.29 is 0 Å². The van der Waals surface area contributed by atoms with E-state index in [1.807, 2.05) is 18.2 Å². The molecule has 0 aromatic carbocycles. The summed E-state index contributed by atoms with van der Waals surface area (Å²) >= 11 is 11.8. The van der Waals surface area contributed by atoms with Crippen molar-refractivity contribution >= 4 is 23.2 Å². The number of rotatable bonds is 3. The summed E-state index contributed by atoms with van der Waals surface area (Å²) in [5.74, 6) is 0. The molecule has 2 aromatic rings. The van der Waals surface area contributed by atoms with E-state index < -0.39 is 0 Å². The van der Waals surface area contributed by atoms with Crippen LogP contribution in [-0.4, -0.2) is 9.97 Å². The second-order valence-corrected chi connectivity index (χ2v) is 4.50. The zero-order valence-corrected chi connectivity index (χ0v) is 10.5. The van der Waals surface area contributed by atoms with Gasteiger partial charge in [-0.25, -0.2) is 0 Å². The van der Waals surface area contributed by atoms with Gasteiger partial charge in [-0.05, 0) is 18.2 Å². The van der Waals surface area contributed by atoms with Crippen LogP contribution in [0.4, 0.5) is 0 Å². The van der Waals surface area contributed by atoms with Crippen LogP contribution in [0.1, 0.15) is 17.4 Å². The molecule has 0 fully saturated rings. The topological polar surface area (TPSA) is 51.8 Å². The summed E-state index contributed by atoms with van der Waals surface area (Å²) in [5.41, 5.74) is 7.60. The lowest BCUT2D eigenvalue weighted by molar-refractivity contribution is 0.684. The van der Waals surface area contributed by atoms with Gasteiger partial charge in [0.25, 0.3) is 0 Å². The predicted molar refractivity (Wildman–Crippen MR) is 69.1 cm³/mol. The van der Waals surface area contributed by atoms with E-state index in [2.05, 4.69) is 9.97 Å². The lowest BCUT2D eigenvalue weighted by Crippen LogP contribution is -2.16. The Morgan fingerprint density at radius 1 is 1.24 bits per heavy atom. The molecule has 1 atom stereocenters. The van der Waals surface area contributed by atoms with E-state index in [4.69, 9.17) is 28.9 Å². The highest BCUT2D eigenvalue weighted by Crippen LogP contribution is 2.24. The van der Waals surface area contributed by atoms with Crippen molar-refractivity contribution in [2.45, 2.75) is 12.5 Å². The van der Waals surface area contributed by atoms with Crippen LogP contribution in [-0.2, 0) is 6.42 Å². The highest BCUT2D eigenvalue weighted by Gasteiger charge is 2.13. The lowest BCUT2D eigenvalue weighted by atomic mass is 10.1. The van der Waals surface area contributed by atoms with Gasteiger partial charge in [-0.3, -0.25) is 9.97 Å². The molecular formula is C12H11Cl2N3. The number of pyridine rings is 2. The van der Waals surface area contributed by atoms with Crippen molar-refractivity contribution in [1.82, 2.24) is 9.97 Å². The number of nitrogens with two attached hydrogens (primary N) is 1. The second-order valence-electron chi connectivity index (χ2n) is 3.65. The van der Waals surface area contributed by atoms with Crippen molar-refractivity contribution in [3.63, 3.8) is 0 Å². The van der Waals surface area contributed by atoms with Gasteiger partial charge in [0.05, 0.1) is 21.8 Å². The molecule has 2 aromatic heterocycles. The summed E-state index contributed by atoms with van der Waals surface area (Å²) in [6.07, 6.45) is 3.87. The molecule has 3 nitrogen and oxygen atoms in total. The van der Waals surface area contributed by atoms with Crippen LogP contribution in [0.25, 0.3) is 0 Å². The van der Waals surface area contributed by atoms with Crippen LogP contribution >= 0.6 is 23.2 Å². The summed E-state index contributed by atoms with van der Waals surface area (Å²) in [6.45, 7) is 0. The number of hydrogen-bond acceptors (Lipinski definition) is 3. The Bertz CT molecular complexity index is 502. The number of halogens is 2. The monoisotopic (exact) mass is 267 g/mol. The summed E-state index contributed by atoms with van der Waals surface area (Å²) in [5, 5.41) is 0.990.